The van der Waals surface area contributed by atoms with Gasteiger partial charge in [-0.05, 0) is 24.3 Å². The van der Waals surface area contributed by atoms with Gasteiger partial charge in [0.25, 0.3) is 5.91 Å². The molecule has 0 unspecified atom stereocenters. The van der Waals surface area contributed by atoms with E-state index >= 15 is 0 Å². The zero-order chi connectivity index (χ0) is 14.9. The molecule has 104 valence electrons. The Balaban J connectivity index is 2.28. The number of phenolic OH excluding ortho intramolecular Hbond substituents is 1. The Morgan fingerprint density at radius 1 is 1.05 bits per heavy atom. The summed E-state index contributed by atoms with van der Waals surface area (Å²) in [4.78, 5) is 11.7. The highest BCUT2D eigenvalue weighted by Crippen LogP contribution is 2.22. The number of nitrogens with one attached hydrogen (secondary N) is 1. The van der Waals surface area contributed by atoms with Crippen LogP contribution < -0.4 is 5.32 Å². The van der Waals surface area contributed by atoms with E-state index in [0.717, 1.165) is 12.1 Å². The number of hydrogen-bond acceptors (Lipinski definition) is 2. The summed E-state index contributed by atoms with van der Waals surface area (Å²) in [5.41, 5.74) is -0.583. The smallest absolute Gasteiger partial charge is 0.258 e. The molecule has 2 N–H and O–H groups in total. The van der Waals surface area contributed by atoms with E-state index in [2.05, 4.69) is 5.32 Å². The quantitative estimate of drug-likeness (QED) is 0.656. The second-order valence-electron chi connectivity index (χ2n) is 3.87. The number of anilines is 1. The van der Waals surface area contributed by atoms with Crippen LogP contribution in [-0.2, 0) is 0 Å². The molecular formula is C13H7ClF3NO2. The predicted octanol–water partition coefficient (Wildman–Crippen LogP) is 3.72. The summed E-state index contributed by atoms with van der Waals surface area (Å²) < 4.78 is 39.8. The van der Waals surface area contributed by atoms with E-state index in [-0.39, 0.29) is 5.69 Å². The zero-order valence-corrected chi connectivity index (χ0v) is 10.5. The first-order chi connectivity index (χ1) is 9.38. The van der Waals surface area contributed by atoms with Crippen molar-refractivity contribution in [2.75, 3.05) is 5.32 Å². The lowest BCUT2D eigenvalue weighted by molar-refractivity contribution is 0.102. The van der Waals surface area contributed by atoms with Crippen molar-refractivity contribution in [3.63, 3.8) is 0 Å². The van der Waals surface area contributed by atoms with E-state index in [4.69, 9.17) is 16.7 Å². The second-order valence-corrected chi connectivity index (χ2v) is 4.27. The number of halogens is 4. The average Bonchev–Trinajstić information content (AvgIpc) is 2.38. The summed E-state index contributed by atoms with van der Waals surface area (Å²) in [6.45, 7) is 0. The van der Waals surface area contributed by atoms with Crippen molar-refractivity contribution in [1.29, 1.82) is 0 Å². The number of carbonyl (C=O) groups is 1. The molecule has 0 saturated heterocycles. The molecule has 0 spiro atoms. The minimum atomic E-state index is -1.01. The molecule has 20 heavy (non-hydrogen) atoms. The second kappa shape index (κ2) is 5.42. The average molecular weight is 302 g/mol. The summed E-state index contributed by atoms with van der Waals surface area (Å²) in [5.74, 6) is -4.47. The van der Waals surface area contributed by atoms with Gasteiger partial charge in [-0.3, -0.25) is 4.79 Å². The van der Waals surface area contributed by atoms with Crippen LogP contribution in [0.3, 0.4) is 0 Å². The number of carbonyl (C=O) groups excluding carboxylic acids is 1. The molecule has 0 aromatic heterocycles. The first kappa shape index (κ1) is 14.2. The highest BCUT2D eigenvalue weighted by atomic mass is 35.5. The Hall–Kier alpha value is -2.21. The number of aromatic hydroxyl groups is 1. The third-order valence-corrected chi connectivity index (χ3v) is 2.75. The standard InChI is InChI=1S/C13H7ClF3NO2/c14-8-5-9(15)7(4-10(8)16)13(20)18-6-1-2-12(19)11(17)3-6/h1-5,19H,(H,18,20). The van der Waals surface area contributed by atoms with Gasteiger partial charge in [0.1, 0.15) is 11.6 Å². The number of hydrogen-bond donors (Lipinski definition) is 2. The molecule has 0 aliphatic heterocycles. The van der Waals surface area contributed by atoms with Gasteiger partial charge < -0.3 is 10.4 Å². The number of amides is 1. The van der Waals surface area contributed by atoms with Crippen molar-refractivity contribution in [2.45, 2.75) is 0 Å². The van der Waals surface area contributed by atoms with E-state index in [1.807, 2.05) is 0 Å². The molecule has 0 saturated carbocycles. The van der Waals surface area contributed by atoms with E-state index in [0.29, 0.717) is 12.1 Å². The van der Waals surface area contributed by atoms with Crippen LogP contribution in [0, 0.1) is 17.5 Å². The van der Waals surface area contributed by atoms with Crippen molar-refractivity contribution in [3.8, 4) is 5.75 Å². The zero-order valence-electron chi connectivity index (χ0n) is 9.75. The molecular weight excluding hydrogens is 295 g/mol. The van der Waals surface area contributed by atoms with E-state index in [1.165, 1.54) is 6.07 Å². The lowest BCUT2D eigenvalue weighted by atomic mass is 10.2. The molecule has 2 aromatic rings. The fourth-order valence-corrected chi connectivity index (χ4v) is 1.63. The topological polar surface area (TPSA) is 49.3 Å². The minimum absolute atomic E-state index is 0.0138. The summed E-state index contributed by atoms with van der Waals surface area (Å²) in [7, 11) is 0. The molecule has 7 heteroatoms. The highest BCUT2D eigenvalue weighted by Gasteiger charge is 2.16. The van der Waals surface area contributed by atoms with Crippen LogP contribution in [0.2, 0.25) is 5.02 Å². The molecule has 0 heterocycles. The number of phenols is 1. The monoisotopic (exact) mass is 301 g/mol. The molecule has 0 radical (unpaired) electrons. The third kappa shape index (κ3) is 2.85. The number of benzene rings is 2. The van der Waals surface area contributed by atoms with Crippen molar-refractivity contribution in [3.05, 3.63) is 58.4 Å². The van der Waals surface area contributed by atoms with Crippen molar-refractivity contribution in [1.82, 2.24) is 0 Å². The molecule has 0 bridgehead atoms. The Bertz CT molecular complexity index is 692. The molecule has 0 atom stereocenters. The Kier molecular flexibility index (Phi) is 3.85. The third-order valence-electron chi connectivity index (χ3n) is 2.46. The van der Waals surface area contributed by atoms with Gasteiger partial charge in [0.2, 0.25) is 0 Å². The van der Waals surface area contributed by atoms with Crippen LogP contribution in [0.15, 0.2) is 30.3 Å². The molecule has 0 aliphatic carbocycles. The van der Waals surface area contributed by atoms with Crippen LogP contribution in [0.25, 0.3) is 0 Å². The van der Waals surface area contributed by atoms with Gasteiger partial charge in [-0.2, -0.15) is 0 Å². The van der Waals surface area contributed by atoms with Crippen LogP contribution in [0.1, 0.15) is 10.4 Å². The van der Waals surface area contributed by atoms with Crippen LogP contribution in [0.5, 0.6) is 5.75 Å². The van der Waals surface area contributed by atoms with Crippen LogP contribution in [-0.4, -0.2) is 11.0 Å². The van der Waals surface area contributed by atoms with Crippen molar-refractivity contribution in [2.24, 2.45) is 0 Å². The van der Waals surface area contributed by atoms with E-state index in [9.17, 15) is 18.0 Å². The van der Waals surface area contributed by atoms with Gasteiger partial charge in [0.15, 0.2) is 11.6 Å². The van der Waals surface area contributed by atoms with Gasteiger partial charge in [0.05, 0.1) is 10.6 Å². The maximum atomic E-state index is 13.5. The lowest BCUT2D eigenvalue weighted by Gasteiger charge is -2.07. The largest absolute Gasteiger partial charge is 0.505 e. The fraction of sp³-hybridized carbons (Fsp3) is 0. The summed E-state index contributed by atoms with van der Waals surface area (Å²) in [6.07, 6.45) is 0. The Morgan fingerprint density at radius 3 is 2.40 bits per heavy atom. The Morgan fingerprint density at radius 2 is 1.75 bits per heavy atom. The maximum Gasteiger partial charge on any atom is 0.258 e. The summed E-state index contributed by atoms with van der Waals surface area (Å²) in [6, 6.07) is 4.38. The molecule has 1 amide bonds. The van der Waals surface area contributed by atoms with Crippen LogP contribution in [0.4, 0.5) is 18.9 Å². The van der Waals surface area contributed by atoms with Gasteiger partial charge in [-0.15, -0.1) is 0 Å². The number of rotatable bonds is 2. The maximum absolute atomic E-state index is 13.5. The fourth-order valence-electron chi connectivity index (χ4n) is 1.48. The van der Waals surface area contributed by atoms with Crippen LogP contribution >= 0.6 is 11.6 Å². The van der Waals surface area contributed by atoms with Gasteiger partial charge in [0, 0.05) is 11.8 Å². The molecule has 0 aliphatic rings. The molecule has 2 aromatic carbocycles. The van der Waals surface area contributed by atoms with Gasteiger partial charge in [-0.25, -0.2) is 13.2 Å². The minimum Gasteiger partial charge on any atom is -0.505 e. The summed E-state index contributed by atoms with van der Waals surface area (Å²) in [5, 5.41) is 10.7. The van der Waals surface area contributed by atoms with Gasteiger partial charge >= 0.3 is 0 Å². The normalized spacial score (nSPS) is 10.4. The lowest BCUT2D eigenvalue weighted by Crippen LogP contribution is -2.14. The van der Waals surface area contributed by atoms with Crippen molar-refractivity contribution >= 4 is 23.2 Å². The van der Waals surface area contributed by atoms with Gasteiger partial charge in [-0.1, -0.05) is 11.6 Å². The summed E-state index contributed by atoms with van der Waals surface area (Å²) >= 11 is 5.36. The molecule has 3 nitrogen and oxygen atoms in total. The molecule has 0 fully saturated rings. The predicted molar refractivity (Wildman–Crippen MR) is 67.4 cm³/mol. The Labute approximate surface area is 116 Å². The first-order valence-corrected chi connectivity index (χ1v) is 5.70. The molecule has 2 rings (SSSR count). The van der Waals surface area contributed by atoms with E-state index < -0.39 is 39.7 Å². The van der Waals surface area contributed by atoms with E-state index in [1.54, 1.807) is 0 Å². The SMILES string of the molecule is O=C(Nc1ccc(O)c(F)c1)c1cc(F)c(Cl)cc1F. The first-order valence-electron chi connectivity index (χ1n) is 5.33. The highest BCUT2D eigenvalue weighted by molar-refractivity contribution is 6.30. The van der Waals surface area contributed by atoms with Crippen molar-refractivity contribution < 1.29 is 23.1 Å².